The molecule has 0 radical (unpaired) electrons. The fraction of sp³-hybridized carbons (Fsp3) is 0.391. The van der Waals surface area contributed by atoms with E-state index in [-0.39, 0.29) is 36.4 Å². The number of guanidine groups is 1. The lowest BCUT2D eigenvalue weighted by molar-refractivity contribution is -0.120. The predicted octanol–water partition coefficient (Wildman–Crippen LogP) is 3.30. The van der Waals surface area contributed by atoms with Crippen LogP contribution in [0.15, 0.2) is 53.5 Å². The maximum absolute atomic E-state index is 12.1. The van der Waals surface area contributed by atoms with Crippen molar-refractivity contribution in [3.05, 3.63) is 59.7 Å². The molecule has 1 amide bonds. The summed E-state index contributed by atoms with van der Waals surface area (Å²) in [7, 11) is 4.99. The van der Waals surface area contributed by atoms with Crippen LogP contribution in [0.2, 0.25) is 0 Å². The molecule has 7 nitrogen and oxygen atoms in total. The molecule has 8 heteroatoms. The summed E-state index contributed by atoms with van der Waals surface area (Å²) < 4.78 is 10.3. The van der Waals surface area contributed by atoms with Crippen LogP contribution in [0.25, 0.3) is 0 Å². The summed E-state index contributed by atoms with van der Waals surface area (Å²) in [5, 5.41) is 9.18. The Hall–Kier alpha value is -2.49. The van der Waals surface area contributed by atoms with E-state index in [1.165, 1.54) is 5.56 Å². The third-order valence-electron chi connectivity index (χ3n) is 4.84. The zero-order valence-electron chi connectivity index (χ0n) is 18.6. The highest BCUT2D eigenvalue weighted by atomic mass is 127. The number of hydrogen-bond donors (Lipinski definition) is 3. The number of halogens is 1. The van der Waals surface area contributed by atoms with Crippen molar-refractivity contribution in [2.45, 2.75) is 25.8 Å². The van der Waals surface area contributed by atoms with Crippen LogP contribution in [0, 0.1) is 0 Å². The van der Waals surface area contributed by atoms with Crippen LogP contribution in [0.3, 0.4) is 0 Å². The van der Waals surface area contributed by atoms with Gasteiger partial charge < -0.3 is 25.4 Å². The first-order chi connectivity index (χ1) is 14.5. The summed E-state index contributed by atoms with van der Waals surface area (Å²) in [6, 6.07) is 15.7. The highest BCUT2D eigenvalue weighted by Gasteiger charge is 2.07. The molecule has 2 aromatic rings. The number of hydrogen-bond acceptors (Lipinski definition) is 4. The van der Waals surface area contributed by atoms with Gasteiger partial charge in [-0.25, -0.2) is 0 Å². The molecule has 2 rings (SSSR count). The van der Waals surface area contributed by atoms with E-state index in [1.54, 1.807) is 21.3 Å². The first kappa shape index (κ1) is 26.5. The van der Waals surface area contributed by atoms with Gasteiger partial charge in [0.05, 0.1) is 20.8 Å². The molecule has 3 N–H and O–H groups in total. The zero-order chi connectivity index (χ0) is 21.8. The van der Waals surface area contributed by atoms with Crippen LogP contribution in [-0.4, -0.2) is 46.2 Å². The number of rotatable bonds is 10. The summed E-state index contributed by atoms with van der Waals surface area (Å²) in [5.41, 5.74) is 2.28. The number of methoxy groups -OCH3 is 2. The highest BCUT2D eigenvalue weighted by Crippen LogP contribution is 2.21. The number of amides is 1. The Morgan fingerprint density at radius 3 is 2.06 bits per heavy atom. The fourth-order valence-electron chi connectivity index (χ4n) is 2.90. The van der Waals surface area contributed by atoms with Gasteiger partial charge in [-0.3, -0.25) is 9.79 Å². The average molecular weight is 540 g/mol. The summed E-state index contributed by atoms with van der Waals surface area (Å²) >= 11 is 0. The van der Waals surface area contributed by atoms with Crippen molar-refractivity contribution < 1.29 is 14.3 Å². The van der Waals surface area contributed by atoms with Crippen molar-refractivity contribution in [1.29, 1.82) is 0 Å². The number of benzene rings is 2. The lowest BCUT2D eigenvalue weighted by Crippen LogP contribution is -2.43. The second-order valence-corrected chi connectivity index (χ2v) is 6.94. The molecule has 0 saturated heterocycles. The molecule has 0 heterocycles. The molecule has 0 aromatic heterocycles. The van der Waals surface area contributed by atoms with Gasteiger partial charge in [-0.05, 0) is 47.7 Å². The largest absolute Gasteiger partial charge is 0.497 e. The van der Waals surface area contributed by atoms with Crippen LogP contribution in [0.1, 0.15) is 30.4 Å². The second kappa shape index (κ2) is 14.5. The number of nitrogens with one attached hydrogen (secondary N) is 3. The SMILES string of the molecule is CN=C(NCCC(C)c1ccc(OC)cc1)NCC(=O)NCc1ccc(OC)cc1.I. The van der Waals surface area contributed by atoms with Crippen molar-refractivity contribution in [3.8, 4) is 11.5 Å². The number of carbonyl (C=O) groups is 1. The molecular formula is C23H33IN4O3. The molecule has 2 aromatic carbocycles. The Labute approximate surface area is 202 Å². The smallest absolute Gasteiger partial charge is 0.239 e. The summed E-state index contributed by atoms with van der Waals surface area (Å²) in [6.07, 6.45) is 0.941. The van der Waals surface area contributed by atoms with Gasteiger partial charge in [0.1, 0.15) is 11.5 Å². The Morgan fingerprint density at radius 2 is 1.52 bits per heavy atom. The molecular weight excluding hydrogens is 507 g/mol. The van der Waals surface area contributed by atoms with Crippen LogP contribution in [0.4, 0.5) is 0 Å². The highest BCUT2D eigenvalue weighted by molar-refractivity contribution is 14.0. The number of nitrogens with zero attached hydrogens (tertiary/aromatic N) is 1. The van der Waals surface area contributed by atoms with E-state index in [4.69, 9.17) is 9.47 Å². The standard InChI is InChI=1S/C23H32N4O3.HI/c1-17(19-7-11-21(30-4)12-8-19)13-14-25-23(24-2)27-16-22(28)26-15-18-5-9-20(29-3)10-6-18;/h5-12,17H,13-16H2,1-4H3,(H,26,28)(H2,24,25,27);1H. The van der Waals surface area contributed by atoms with Crippen molar-refractivity contribution in [2.75, 3.05) is 34.4 Å². The van der Waals surface area contributed by atoms with Crippen molar-refractivity contribution >= 4 is 35.8 Å². The monoisotopic (exact) mass is 540 g/mol. The molecule has 0 saturated carbocycles. The van der Waals surface area contributed by atoms with E-state index in [2.05, 4.69) is 40.0 Å². The normalized spacial score (nSPS) is 11.7. The van der Waals surface area contributed by atoms with E-state index in [9.17, 15) is 4.79 Å². The van der Waals surface area contributed by atoms with E-state index < -0.39 is 0 Å². The Balaban J connectivity index is 0.00000480. The minimum atomic E-state index is -0.0969. The molecule has 0 aliphatic rings. The van der Waals surface area contributed by atoms with Gasteiger partial charge in [0.15, 0.2) is 5.96 Å². The van der Waals surface area contributed by atoms with Crippen LogP contribution in [-0.2, 0) is 11.3 Å². The third kappa shape index (κ3) is 9.46. The molecule has 1 atom stereocenters. The number of aliphatic imine (C=N–C) groups is 1. The average Bonchev–Trinajstić information content (AvgIpc) is 2.80. The molecule has 0 bridgehead atoms. The lowest BCUT2D eigenvalue weighted by atomic mass is 9.98. The van der Waals surface area contributed by atoms with Gasteiger partial charge in [0, 0.05) is 20.1 Å². The third-order valence-corrected chi connectivity index (χ3v) is 4.84. The Kier molecular flexibility index (Phi) is 12.4. The van der Waals surface area contributed by atoms with Crippen molar-refractivity contribution in [2.24, 2.45) is 4.99 Å². The van der Waals surface area contributed by atoms with Gasteiger partial charge in [-0.2, -0.15) is 0 Å². The van der Waals surface area contributed by atoms with Gasteiger partial charge in [0.2, 0.25) is 5.91 Å². The molecule has 170 valence electrons. The van der Waals surface area contributed by atoms with Gasteiger partial charge in [-0.15, -0.1) is 24.0 Å². The van der Waals surface area contributed by atoms with E-state index >= 15 is 0 Å². The van der Waals surface area contributed by atoms with Crippen LogP contribution >= 0.6 is 24.0 Å². The van der Waals surface area contributed by atoms with E-state index in [0.29, 0.717) is 18.4 Å². The van der Waals surface area contributed by atoms with Gasteiger partial charge in [0.25, 0.3) is 0 Å². The van der Waals surface area contributed by atoms with Crippen LogP contribution < -0.4 is 25.4 Å². The number of carbonyl (C=O) groups excluding carboxylic acids is 1. The van der Waals surface area contributed by atoms with E-state index in [1.807, 2.05) is 36.4 Å². The maximum atomic E-state index is 12.1. The summed E-state index contributed by atoms with van der Waals surface area (Å²) in [5.74, 6) is 2.56. The molecule has 1 unspecified atom stereocenters. The second-order valence-electron chi connectivity index (χ2n) is 6.94. The Morgan fingerprint density at radius 1 is 0.935 bits per heavy atom. The fourth-order valence-corrected chi connectivity index (χ4v) is 2.90. The molecule has 0 aliphatic carbocycles. The first-order valence-corrected chi connectivity index (χ1v) is 10.0. The topological polar surface area (TPSA) is 84.0 Å². The zero-order valence-corrected chi connectivity index (χ0v) is 20.9. The Bertz CT molecular complexity index is 811. The van der Waals surface area contributed by atoms with Crippen molar-refractivity contribution in [1.82, 2.24) is 16.0 Å². The van der Waals surface area contributed by atoms with Gasteiger partial charge in [-0.1, -0.05) is 31.2 Å². The first-order valence-electron chi connectivity index (χ1n) is 10.0. The minimum Gasteiger partial charge on any atom is -0.497 e. The number of ether oxygens (including phenoxy) is 2. The van der Waals surface area contributed by atoms with Crippen molar-refractivity contribution in [3.63, 3.8) is 0 Å². The van der Waals surface area contributed by atoms with Crippen LogP contribution in [0.5, 0.6) is 11.5 Å². The van der Waals surface area contributed by atoms with Gasteiger partial charge >= 0.3 is 0 Å². The maximum Gasteiger partial charge on any atom is 0.239 e. The summed E-state index contributed by atoms with van der Waals surface area (Å²) in [4.78, 5) is 16.3. The van der Waals surface area contributed by atoms with E-state index in [0.717, 1.165) is 30.0 Å². The molecule has 0 spiro atoms. The lowest BCUT2D eigenvalue weighted by Gasteiger charge is -2.15. The summed E-state index contributed by atoms with van der Waals surface area (Å²) in [6.45, 7) is 3.56. The molecule has 0 fully saturated rings. The minimum absolute atomic E-state index is 0. The predicted molar refractivity (Wildman–Crippen MR) is 136 cm³/mol. The molecule has 31 heavy (non-hydrogen) atoms. The quantitative estimate of drug-likeness (QED) is 0.245. The molecule has 0 aliphatic heterocycles.